The van der Waals surface area contributed by atoms with Gasteiger partial charge in [0.1, 0.15) is 0 Å². The Kier molecular flexibility index (Phi) is 4.85. The first-order valence-electron chi connectivity index (χ1n) is 10.2. The SMILES string of the molecule is Cc1ccc(C(=O)c2ccccc2-c2nc3ccccc3nc2-c2ccccc2)cc1. The minimum Gasteiger partial charge on any atom is -0.289 e. The number of carbonyl (C=O) groups is 1. The van der Waals surface area contributed by atoms with Gasteiger partial charge in [0.2, 0.25) is 0 Å². The summed E-state index contributed by atoms with van der Waals surface area (Å²) >= 11 is 0. The largest absolute Gasteiger partial charge is 0.289 e. The van der Waals surface area contributed by atoms with Crippen LogP contribution in [-0.4, -0.2) is 15.8 Å². The summed E-state index contributed by atoms with van der Waals surface area (Å²) in [5.41, 5.74) is 7.25. The standard InChI is InChI=1S/C28H20N2O/c1-19-15-17-21(18-16-19)28(31)23-12-6-5-11-22(23)27-26(20-9-3-2-4-10-20)29-24-13-7-8-14-25(24)30-27/h2-18H,1H3. The van der Waals surface area contributed by atoms with Crippen molar-refractivity contribution in [1.82, 2.24) is 9.97 Å². The highest BCUT2D eigenvalue weighted by Crippen LogP contribution is 2.33. The molecule has 0 aliphatic carbocycles. The molecule has 0 bridgehead atoms. The van der Waals surface area contributed by atoms with Crippen LogP contribution in [0.4, 0.5) is 0 Å². The summed E-state index contributed by atoms with van der Waals surface area (Å²) in [6, 6.07) is 33.1. The molecule has 0 fully saturated rings. The molecule has 5 aromatic rings. The summed E-state index contributed by atoms with van der Waals surface area (Å²) in [6.07, 6.45) is 0. The van der Waals surface area contributed by atoms with Crippen molar-refractivity contribution < 1.29 is 4.79 Å². The highest BCUT2D eigenvalue weighted by molar-refractivity contribution is 6.13. The van der Waals surface area contributed by atoms with Gasteiger partial charge in [-0.05, 0) is 19.1 Å². The number of hydrogen-bond acceptors (Lipinski definition) is 3. The number of hydrogen-bond donors (Lipinski definition) is 0. The molecular weight excluding hydrogens is 380 g/mol. The highest BCUT2D eigenvalue weighted by atomic mass is 16.1. The number of aromatic nitrogens is 2. The molecule has 0 atom stereocenters. The Labute approximate surface area is 181 Å². The van der Waals surface area contributed by atoms with Crippen LogP contribution in [0.2, 0.25) is 0 Å². The molecule has 3 nitrogen and oxygen atoms in total. The second-order valence-corrected chi connectivity index (χ2v) is 7.52. The van der Waals surface area contributed by atoms with Crippen LogP contribution in [0.25, 0.3) is 33.5 Å². The predicted octanol–water partition coefficient (Wildman–Crippen LogP) is 6.50. The number of para-hydroxylation sites is 2. The number of carbonyl (C=O) groups excluding carboxylic acids is 1. The lowest BCUT2D eigenvalue weighted by Gasteiger charge is -2.14. The number of benzene rings is 4. The molecule has 0 unspecified atom stereocenters. The fraction of sp³-hybridized carbons (Fsp3) is 0.0357. The van der Waals surface area contributed by atoms with Crippen molar-refractivity contribution in [3.05, 3.63) is 120 Å². The van der Waals surface area contributed by atoms with Crippen molar-refractivity contribution in [1.29, 1.82) is 0 Å². The zero-order valence-corrected chi connectivity index (χ0v) is 17.1. The molecule has 5 rings (SSSR count). The van der Waals surface area contributed by atoms with Gasteiger partial charge in [-0.1, -0.05) is 96.6 Å². The average Bonchev–Trinajstić information content (AvgIpc) is 2.84. The summed E-state index contributed by atoms with van der Waals surface area (Å²) < 4.78 is 0. The fourth-order valence-electron chi connectivity index (χ4n) is 3.73. The molecule has 0 amide bonds. The lowest BCUT2D eigenvalue weighted by Crippen LogP contribution is -2.05. The van der Waals surface area contributed by atoms with Crippen molar-refractivity contribution in [3.8, 4) is 22.5 Å². The van der Waals surface area contributed by atoms with Gasteiger partial charge in [0.25, 0.3) is 0 Å². The van der Waals surface area contributed by atoms with Gasteiger partial charge < -0.3 is 0 Å². The third-order valence-electron chi connectivity index (χ3n) is 5.36. The molecule has 31 heavy (non-hydrogen) atoms. The highest BCUT2D eigenvalue weighted by Gasteiger charge is 2.20. The lowest BCUT2D eigenvalue weighted by atomic mass is 9.94. The number of aryl methyl sites for hydroxylation is 1. The summed E-state index contributed by atoms with van der Waals surface area (Å²) in [5, 5.41) is 0. The van der Waals surface area contributed by atoms with Crippen molar-refractivity contribution in [2.75, 3.05) is 0 Å². The first-order valence-corrected chi connectivity index (χ1v) is 10.2. The van der Waals surface area contributed by atoms with Crippen LogP contribution < -0.4 is 0 Å². The van der Waals surface area contributed by atoms with Gasteiger partial charge in [-0.25, -0.2) is 9.97 Å². The van der Waals surface area contributed by atoms with E-state index in [1.807, 2.05) is 110 Å². The molecule has 0 aliphatic rings. The van der Waals surface area contributed by atoms with Crippen LogP contribution in [0.3, 0.4) is 0 Å². The quantitative estimate of drug-likeness (QED) is 0.323. The third-order valence-corrected chi connectivity index (χ3v) is 5.36. The normalized spacial score (nSPS) is 10.9. The van der Waals surface area contributed by atoms with E-state index in [4.69, 9.17) is 9.97 Å². The van der Waals surface area contributed by atoms with Crippen LogP contribution in [0.5, 0.6) is 0 Å². The zero-order valence-electron chi connectivity index (χ0n) is 17.1. The molecule has 0 radical (unpaired) electrons. The van der Waals surface area contributed by atoms with Crippen LogP contribution in [-0.2, 0) is 0 Å². The monoisotopic (exact) mass is 400 g/mol. The predicted molar refractivity (Wildman–Crippen MR) is 125 cm³/mol. The average molecular weight is 400 g/mol. The summed E-state index contributed by atoms with van der Waals surface area (Å²) in [6.45, 7) is 2.01. The lowest BCUT2D eigenvalue weighted by molar-refractivity contribution is 0.103. The number of ketones is 1. The molecule has 0 N–H and O–H groups in total. The smallest absolute Gasteiger partial charge is 0.193 e. The van der Waals surface area contributed by atoms with E-state index in [0.717, 1.165) is 33.4 Å². The van der Waals surface area contributed by atoms with Gasteiger partial charge in [-0.15, -0.1) is 0 Å². The molecule has 0 saturated carbocycles. The van der Waals surface area contributed by atoms with Crippen LogP contribution >= 0.6 is 0 Å². The van der Waals surface area contributed by atoms with Gasteiger partial charge >= 0.3 is 0 Å². The fourth-order valence-corrected chi connectivity index (χ4v) is 3.73. The van der Waals surface area contributed by atoms with E-state index in [2.05, 4.69) is 0 Å². The van der Waals surface area contributed by atoms with Crippen molar-refractivity contribution in [2.24, 2.45) is 0 Å². The Hall–Kier alpha value is -4.11. The maximum absolute atomic E-state index is 13.4. The van der Waals surface area contributed by atoms with E-state index in [0.29, 0.717) is 16.8 Å². The maximum atomic E-state index is 13.4. The zero-order chi connectivity index (χ0) is 21.2. The van der Waals surface area contributed by atoms with E-state index in [9.17, 15) is 4.79 Å². The molecule has 3 heteroatoms. The third kappa shape index (κ3) is 3.62. The van der Waals surface area contributed by atoms with Gasteiger partial charge in [0.05, 0.1) is 22.4 Å². The Bertz CT molecular complexity index is 1390. The molecular formula is C28H20N2O. The van der Waals surface area contributed by atoms with Crippen LogP contribution in [0.15, 0.2) is 103 Å². The van der Waals surface area contributed by atoms with Gasteiger partial charge in [-0.2, -0.15) is 0 Å². The van der Waals surface area contributed by atoms with Crippen molar-refractivity contribution in [2.45, 2.75) is 6.92 Å². The first kappa shape index (κ1) is 18.9. The van der Waals surface area contributed by atoms with E-state index < -0.39 is 0 Å². The van der Waals surface area contributed by atoms with Crippen LogP contribution in [0.1, 0.15) is 21.5 Å². The Morgan fingerprint density at radius 2 is 1.19 bits per heavy atom. The first-order chi connectivity index (χ1) is 15.2. The van der Waals surface area contributed by atoms with E-state index in [1.165, 1.54) is 0 Å². The van der Waals surface area contributed by atoms with Gasteiger partial charge in [0, 0.05) is 22.3 Å². The number of fused-ring (bicyclic) bond motifs is 1. The second kappa shape index (κ2) is 7.96. The minimum atomic E-state index is -0.0235. The molecule has 4 aromatic carbocycles. The Morgan fingerprint density at radius 1 is 0.613 bits per heavy atom. The van der Waals surface area contributed by atoms with Gasteiger partial charge in [-0.3, -0.25) is 4.79 Å². The molecule has 1 aromatic heterocycles. The van der Waals surface area contributed by atoms with Gasteiger partial charge in [0.15, 0.2) is 5.78 Å². The van der Waals surface area contributed by atoms with Crippen molar-refractivity contribution in [3.63, 3.8) is 0 Å². The number of rotatable bonds is 4. The molecule has 148 valence electrons. The molecule has 0 spiro atoms. The Balaban J connectivity index is 1.75. The number of nitrogens with zero attached hydrogens (tertiary/aromatic N) is 2. The molecule has 0 saturated heterocycles. The Morgan fingerprint density at radius 3 is 1.90 bits per heavy atom. The second-order valence-electron chi connectivity index (χ2n) is 7.52. The van der Waals surface area contributed by atoms with E-state index in [-0.39, 0.29) is 5.78 Å². The minimum absolute atomic E-state index is 0.0235. The van der Waals surface area contributed by atoms with Crippen LogP contribution in [0, 0.1) is 6.92 Å². The summed E-state index contributed by atoms with van der Waals surface area (Å²) in [4.78, 5) is 23.3. The molecule has 1 heterocycles. The maximum Gasteiger partial charge on any atom is 0.193 e. The summed E-state index contributed by atoms with van der Waals surface area (Å²) in [7, 11) is 0. The van der Waals surface area contributed by atoms with E-state index in [1.54, 1.807) is 0 Å². The van der Waals surface area contributed by atoms with E-state index >= 15 is 0 Å². The topological polar surface area (TPSA) is 42.9 Å². The molecule has 0 aliphatic heterocycles. The summed E-state index contributed by atoms with van der Waals surface area (Å²) in [5.74, 6) is -0.0235. The van der Waals surface area contributed by atoms with Crippen molar-refractivity contribution >= 4 is 16.8 Å².